The van der Waals surface area contributed by atoms with Gasteiger partial charge in [0, 0.05) is 61.8 Å². The molecule has 174 valence electrons. The number of pyridine rings is 1. The number of aryl methyl sites for hydroxylation is 2. The Morgan fingerprint density at radius 3 is 2.58 bits per heavy atom. The van der Waals surface area contributed by atoms with E-state index in [4.69, 9.17) is 0 Å². The van der Waals surface area contributed by atoms with Crippen LogP contribution in [-0.4, -0.2) is 40.3 Å². The summed E-state index contributed by atoms with van der Waals surface area (Å²) >= 11 is 1.85. The smallest absolute Gasteiger partial charge is 0.225 e. The first-order valence-electron chi connectivity index (χ1n) is 11.9. The van der Waals surface area contributed by atoms with E-state index in [0.29, 0.717) is 18.4 Å². The van der Waals surface area contributed by atoms with E-state index in [0.717, 1.165) is 31.7 Å². The van der Waals surface area contributed by atoms with E-state index in [1.54, 1.807) is 6.20 Å². The van der Waals surface area contributed by atoms with Gasteiger partial charge in [0.1, 0.15) is 0 Å². The Kier molecular flexibility index (Phi) is 7.61. The first kappa shape index (κ1) is 23.7. The second kappa shape index (κ2) is 10.6. The minimum atomic E-state index is -0.0224. The lowest BCUT2D eigenvalue weighted by atomic mass is 9.88. The molecule has 3 heterocycles. The third-order valence-electron chi connectivity index (χ3n) is 6.71. The number of rotatable bonds is 8. The molecule has 3 aromatic rings. The molecular weight excluding hydrogens is 426 g/mol. The van der Waals surface area contributed by atoms with Crippen LogP contribution >= 0.6 is 11.3 Å². The van der Waals surface area contributed by atoms with E-state index in [9.17, 15) is 4.79 Å². The van der Waals surface area contributed by atoms with Crippen LogP contribution in [0.3, 0.4) is 0 Å². The number of aromatic nitrogens is 1. The highest BCUT2D eigenvalue weighted by Gasteiger charge is 2.36. The molecule has 4 rings (SSSR count). The summed E-state index contributed by atoms with van der Waals surface area (Å²) in [6.07, 6.45) is 3.66. The monoisotopic (exact) mass is 461 g/mol. The van der Waals surface area contributed by atoms with E-state index >= 15 is 0 Å². The molecule has 0 unspecified atom stereocenters. The van der Waals surface area contributed by atoms with Gasteiger partial charge in [-0.15, -0.1) is 11.3 Å². The Labute approximate surface area is 202 Å². The van der Waals surface area contributed by atoms with Gasteiger partial charge in [-0.25, -0.2) is 0 Å². The van der Waals surface area contributed by atoms with Gasteiger partial charge in [-0.1, -0.05) is 49.7 Å². The highest BCUT2D eigenvalue weighted by atomic mass is 32.1. The van der Waals surface area contributed by atoms with Crippen molar-refractivity contribution in [1.29, 1.82) is 0 Å². The van der Waals surface area contributed by atoms with E-state index < -0.39 is 0 Å². The van der Waals surface area contributed by atoms with Gasteiger partial charge in [-0.2, -0.15) is 0 Å². The number of likely N-dealkylation sites (tertiary alicyclic amines) is 1. The number of carbonyl (C=O) groups is 1. The first-order chi connectivity index (χ1) is 15.9. The van der Waals surface area contributed by atoms with Crippen LogP contribution in [0.1, 0.15) is 46.9 Å². The molecule has 33 heavy (non-hydrogen) atoms. The van der Waals surface area contributed by atoms with Gasteiger partial charge in [0.2, 0.25) is 5.91 Å². The second-order valence-electron chi connectivity index (χ2n) is 9.73. The van der Waals surface area contributed by atoms with Gasteiger partial charge in [0.15, 0.2) is 0 Å². The minimum absolute atomic E-state index is 0.0224. The second-order valence-corrected chi connectivity index (χ2v) is 10.7. The SMILES string of the molecule is Cc1ccc([C@@H]2CN(Cc3sccc3C)C[C@@H]2CN(Cc2cccnc2)C(=O)C(C)C)cc1. The fourth-order valence-electron chi connectivity index (χ4n) is 4.83. The Hall–Kier alpha value is -2.50. The summed E-state index contributed by atoms with van der Waals surface area (Å²) < 4.78 is 0. The van der Waals surface area contributed by atoms with Crippen LogP contribution in [0.25, 0.3) is 0 Å². The van der Waals surface area contributed by atoms with E-state index in [-0.39, 0.29) is 11.8 Å². The number of amides is 1. The molecule has 1 fully saturated rings. The molecule has 2 atom stereocenters. The maximum Gasteiger partial charge on any atom is 0.225 e. The maximum absolute atomic E-state index is 13.2. The normalized spacial score (nSPS) is 18.7. The molecule has 0 N–H and O–H groups in total. The van der Waals surface area contributed by atoms with Crippen LogP contribution < -0.4 is 0 Å². The summed E-state index contributed by atoms with van der Waals surface area (Å²) in [7, 11) is 0. The summed E-state index contributed by atoms with van der Waals surface area (Å²) in [5.74, 6) is 1.01. The Bertz CT molecular complexity index is 1040. The largest absolute Gasteiger partial charge is 0.338 e. The zero-order valence-electron chi connectivity index (χ0n) is 20.2. The Morgan fingerprint density at radius 1 is 1.15 bits per heavy atom. The molecule has 0 saturated carbocycles. The Morgan fingerprint density at radius 2 is 1.94 bits per heavy atom. The predicted molar refractivity (Wildman–Crippen MR) is 136 cm³/mol. The van der Waals surface area contributed by atoms with Crippen LogP contribution in [-0.2, 0) is 17.9 Å². The molecule has 1 saturated heterocycles. The molecule has 0 aliphatic carbocycles. The highest BCUT2D eigenvalue weighted by molar-refractivity contribution is 7.10. The summed E-state index contributed by atoms with van der Waals surface area (Å²) in [6, 6.07) is 15.2. The number of carbonyl (C=O) groups excluding carboxylic acids is 1. The average molecular weight is 462 g/mol. The van der Waals surface area contributed by atoms with E-state index in [1.807, 2.05) is 37.4 Å². The molecule has 2 aromatic heterocycles. The number of nitrogens with zero attached hydrogens (tertiary/aromatic N) is 3. The quantitative estimate of drug-likeness (QED) is 0.434. The lowest BCUT2D eigenvalue weighted by Crippen LogP contribution is -2.39. The summed E-state index contributed by atoms with van der Waals surface area (Å²) in [5, 5.41) is 2.19. The molecule has 0 radical (unpaired) electrons. The van der Waals surface area contributed by atoms with Gasteiger partial charge in [-0.3, -0.25) is 14.7 Å². The fourth-order valence-corrected chi connectivity index (χ4v) is 5.78. The molecule has 5 heteroatoms. The third kappa shape index (κ3) is 5.90. The zero-order chi connectivity index (χ0) is 23.4. The maximum atomic E-state index is 13.2. The number of hydrogen-bond donors (Lipinski definition) is 0. The summed E-state index contributed by atoms with van der Waals surface area (Å²) in [4.78, 5) is 23.6. The van der Waals surface area contributed by atoms with Crippen molar-refractivity contribution in [3.8, 4) is 0 Å². The average Bonchev–Trinajstić information content (AvgIpc) is 3.40. The molecule has 4 nitrogen and oxygen atoms in total. The number of benzene rings is 1. The molecular formula is C28H35N3OS. The topological polar surface area (TPSA) is 36.4 Å². The standard InChI is InChI=1S/C28H35N3OS/c1-20(2)28(32)31(15-23-6-5-12-29-14-23)17-25-16-30(19-27-22(4)11-13-33-27)18-26(25)24-9-7-21(3)8-10-24/h5-14,20,25-26H,15-19H2,1-4H3/t25-,26+/m1/s1. The number of thiophene rings is 1. The van der Waals surface area contributed by atoms with Gasteiger partial charge in [-0.05, 0) is 54.0 Å². The van der Waals surface area contributed by atoms with Crippen LogP contribution in [0.15, 0.2) is 60.2 Å². The lowest BCUT2D eigenvalue weighted by molar-refractivity contribution is -0.135. The van der Waals surface area contributed by atoms with Crippen molar-refractivity contribution in [2.24, 2.45) is 11.8 Å². The minimum Gasteiger partial charge on any atom is -0.338 e. The predicted octanol–water partition coefficient (Wildman–Crippen LogP) is 5.66. The van der Waals surface area contributed by atoms with Crippen LogP contribution in [0.4, 0.5) is 0 Å². The molecule has 1 aromatic carbocycles. The first-order valence-corrected chi connectivity index (χ1v) is 12.8. The van der Waals surface area contributed by atoms with Crippen LogP contribution in [0.2, 0.25) is 0 Å². The third-order valence-corrected chi connectivity index (χ3v) is 7.72. The van der Waals surface area contributed by atoms with Gasteiger partial charge in [0.25, 0.3) is 0 Å². The fraction of sp³-hybridized carbons (Fsp3) is 0.429. The molecule has 0 spiro atoms. The lowest BCUT2D eigenvalue weighted by Gasteiger charge is -2.30. The Balaban J connectivity index is 1.57. The summed E-state index contributed by atoms with van der Waals surface area (Å²) in [5.41, 5.74) is 5.13. The van der Waals surface area contributed by atoms with Crippen molar-refractivity contribution in [3.05, 3.63) is 87.4 Å². The van der Waals surface area contributed by atoms with Crippen LogP contribution in [0.5, 0.6) is 0 Å². The number of hydrogen-bond acceptors (Lipinski definition) is 4. The molecule has 1 amide bonds. The van der Waals surface area contributed by atoms with Gasteiger partial charge in [0.05, 0.1) is 0 Å². The molecule has 1 aliphatic heterocycles. The van der Waals surface area contributed by atoms with Gasteiger partial charge >= 0.3 is 0 Å². The van der Waals surface area contributed by atoms with E-state index in [1.165, 1.54) is 21.6 Å². The zero-order valence-corrected chi connectivity index (χ0v) is 21.0. The molecule has 1 aliphatic rings. The van der Waals surface area contributed by atoms with Crippen molar-refractivity contribution in [2.75, 3.05) is 19.6 Å². The summed E-state index contributed by atoms with van der Waals surface area (Å²) in [6.45, 7) is 12.7. The van der Waals surface area contributed by atoms with Crippen molar-refractivity contribution < 1.29 is 4.79 Å². The van der Waals surface area contributed by atoms with E-state index in [2.05, 4.69) is 70.4 Å². The van der Waals surface area contributed by atoms with Crippen molar-refractivity contribution >= 4 is 17.2 Å². The van der Waals surface area contributed by atoms with Crippen molar-refractivity contribution in [2.45, 2.75) is 46.7 Å². The van der Waals surface area contributed by atoms with Crippen molar-refractivity contribution in [3.63, 3.8) is 0 Å². The van der Waals surface area contributed by atoms with Gasteiger partial charge < -0.3 is 4.90 Å². The highest BCUT2D eigenvalue weighted by Crippen LogP contribution is 2.35. The van der Waals surface area contributed by atoms with Crippen molar-refractivity contribution in [1.82, 2.24) is 14.8 Å². The molecule has 0 bridgehead atoms. The van der Waals surface area contributed by atoms with Crippen LogP contribution in [0, 0.1) is 25.7 Å².